The SMILES string of the molecule is CCn1cc(NC(=O)c2ccc(COc3ccc(OC)cc3)o2)c(C(=O)Nc2ccccc2)n1. The third kappa shape index (κ3) is 5.44. The number of methoxy groups -OCH3 is 1. The summed E-state index contributed by atoms with van der Waals surface area (Å²) in [4.78, 5) is 25.5. The van der Waals surface area contributed by atoms with Gasteiger partial charge in [0.15, 0.2) is 11.5 Å². The van der Waals surface area contributed by atoms with Gasteiger partial charge in [-0.3, -0.25) is 14.3 Å². The van der Waals surface area contributed by atoms with Crippen LogP contribution in [0, 0.1) is 0 Å². The van der Waals surface area contributed by atoms with Crippen LogP contribution < -0.4 is 20.1 Å². The smallest absolute Gasteiger partial charge is 0.291 e. The van der Waals surface area contributed by atoms with Gasteiger partial charge in [-0.1, -0.05) is 18.2 Å². The van der Waals surface area contributed by atoms with Crippen molar-refractivity contribution in [2.24, 2.45) is 0 Å². The lowest BCUT2D eigenvalue weighted by Gasteiger charge is -2.06. The normalized spacial score (nSPS) is 10.5. The molecule has 9 heteroatoms. The van der Waals surface area contributed by atoms with Crippen LogP contribution in [0.3, 0.4) is 0 Å². The number of aryl methyl sites for hydroxylation is 1. The molecule has 0 aliphatic rings. The van der Waals surface area contributed by atoms with Crippen molar-refractivity contribution < 1.29 is 23.5 Å². The first-order valence-corrected chi connectivity index (χ1v) is 10.7. The van der Waals surface area contributed by atoms with E-state index in [-0.39, 0.29) is 23.7 Å². The molecule has 0 aliphatic carbocycles. The van der Waals surface area contributed by atoms with Gasteiger partial charge < -0.3 is 24.5 Å². The maximum Gasteiger partial charge on any atom is 0.291 e. The van der Waals surface area contributed by atoms with Crippen molar-refractivity contribution in [3.63, 3.8) is 0 Å². The highest BCUT2D eigenvalue weighted by Crippen LogP contribution is 2.21. The molecule has 0 unspecified atom stereocenters. The summed E-state index contributed by atoms with van der Waals surface area (Å²) in [6.07, 6.45) is 1.61. The van der Waals surface area contributed by atoms with Gasteiger partial charge in [0.05, 0.1) is 12.8 Å². The van der Waals surface area contributed by atoms with Crippen LogP contribution in [-0.4, -0.2) is 28.7 Å². The lowest BCUT2D eigenvalue weighted by molar-refractivity contribution is 0.0992. The van der Waals surface area contributed by atoms with Gasteiger partial charge in [0.2, 0.25) is 0 Å². The second kappa shape index (κ2) is 10.4. The number of nitrogens with zero attached hydrogens (tertiary/aromatic N) is 2. The van der Waals surface area contributed by atoms with Crippen LogP contribution in [0.15, 0.2) is 77.3 Å². The second-order valence-corrected chi connectivity index (χ2v) is 7.25. The van der Waals surface area contributed by atoms with Gasteiger partial charge in [-0.25, -0.2) is 0 Å². The van der Waals surface area contributed by atoms with Crippen molar-refractivity contribution in [2.45, 2.75) is 20.1 Å². The van der Waals surface area contributed by atoms with E-state index in [1.807, 2.05) is 25.1 Å². The fraction of sp³-hybridized carbons (Fsp3) is 0.160. The van der Waals surface area contributed by atoms with E-state index in [9.17, 15) is 9.59 Å². The molecule has 0 bridgehead atoms. The molecular formula is C25H24N4O5. The Bertz CT molecular complexity index is 1260. The summed E-state index contributed by atoms with van der Waals surface area (Å²) in [5.41, 5.74) is 1.02. The molecule has 2 aromatic carbocycles. The number of hydrogen-bond donors (Lipinski definition) is 2. The zero-order valence-electron chi connectivity index (χ0n) is 18.8. The van der Waals surface area contributed by atoms with Crippen molar-refractivity contribution >= 4 is 23.2 Å². The average molecular weight is 460 g/mol. The molecule has 4 aromatic rings. The summed E-state index contributed by atoms with van der Waals surface area (Å²) in [6, 6.07) is 19.4. The van der Waals surface area contributed by atoms with E-state index < -0.39 is 11.8 Å². The van der Waals surface area contributed by atoms with Crippen LogP contribution >= 0.6 is 0 Å². The monoisotopic (exact) mass is 460 g/mol. The predicted octanol–water partition coefficient (Wildman–Crippen LogP) is 4.59. The van der Waals surface area contributed by atoms with E-state index in [4.69, 9.17) is 13.9 Å². The average Bonchev–Trinajstić information content (AvgIpc) is 3.51. The molecule has 0 radical (unpaired) electrons. The van der Waals surface area contributed by atoms with Gasteiger partial charge >= 0.3 is 0 Å². The summed E-state index contributed by atoms with van der Waals surface area (Å²) < 4.78 is 18.0. The Balaban J connectivity index is 1.41. The minimum atomic E-state index is -0.500. The molecule has 2 N–H and O–H groups in total. The molecule has 34 heavy (non-hydrogen) atoms. The zero-order chi connectivity index (χ0) is 23.9. The van der Waals surface area contributed by atoms with E-state index in [0.29, 0.717) is 23.7 Å². The fourth-order valence-electron chi connectivity index (χ4n) is 3.14. The van der Waals surface area contributed by atoms with Crippen LogP contribution in [0.5, 0.6) is 11.5 Å². The van der Waals surface area contributed by atoms with Crippen LogP contribution in [0.4, 0.5) is 11.4 Å². The van der Waals surface area contributed by atoms with Gasteiger partial charge in [-0.15, -0.1) is 0 Å². The number of ether oxygens (including phenoxy) is 2. The van der Waals surface area contributed by atoms with Crippen molar-refractivity contribution in [1.29, 1.82) is 0 Å². The third-order valence-corrected chi connectivity index (χ3v) is 4.91. The second-order valence-electron chi connectivity index (χ2n) is 7.25. The molecule has 9 nitrogen and oxygen atoms in total. The van der Waals surface area contributed by atoms with E-state index in [2.05, 4.69) is 15.7 Å². The molecule has 2 heterocycles. The minimum absolute atomic E-state index is 0.0898. The van der Waals surface area contributed by atoms with Gasteiger partial charge in [0.25, 0.3) is 11.8 Å². The van der Waals surface area contributed by atoms with E-state index in [1.165, 1.54) is 0 Å². The number of benzene rings is 2. The molecule has 174 valence electrons. The number of para-hydroxylation sites is 1. The molecule has 0 saturated carbocycles. The number of aromatic nitrogens is 2. The van der Waals surface area contributed by atoms with Gasteiger partial charge in [-0.05, 0) is 55.5 Å². The number of furan rings is 1. The fourth-order valence-corrected chi connectivity index (χ4v) is 3.14. The first-order chi connectivity index (χ1) is 16.6. The first-order valence-electron chi connectivity index (χ1n) is 10.7. The molecule has 0 spiro atoms. The maximum atomic E-state index is 12.8. The Morgan fingerprint density at radius 3 is 2.38 bits per heavy atom. The van der Waals surface area contributed by atoms with Crippen LogP contribution in [0.2, 0.25) is 0 Å². The number of amides is 2. The summed E-state index contributed by atoms with van der Waals surface area (Å²) in [7, 11) is 1.59. The molecule has 0 fully saturated rings. The quantitative estimate of drug-likeness (QED) is 0.378. The van der Waals surface area contributed by atoms with Crippen molar-refractivity contribution in [3.05, 3.63) is 90.1 Å². The van der Waals surface area contributed by atoms with E-state index in [0.717, 1.165) is 5.75 Å². The molecular weight excluding hydrogens is 436 g/mol. The topological polar surface area (TPSA) is 108 Å². The molecule has 0 saturated heterocycles. The molecule has 2 amide bonds. The number of anilines is 2. The molecule has 0 aliphatic heterocycles. The van der Waals surface area contributed by atoms with Gasteiger partial charge in [0.1, 0.15) is 23.9 Å². The Kier molecular flexibility index (Phi) is 6.92. The highest BCUT2D eigenvalue weighted by Gasteiger charge is 2.21. The predicted molar refractivity (Wildman–Crippen MR) is 126 cm³/mol. The Labute approximate surface area is 196 Å². The van der Waals surface area contributed by atoms with Crippen molar-refractivity contribution in [2.75, 3.05) is 17.7 Å². The van der Waals surface area contributed by atoms with Crippen LogP contribution in [-0.2, 0) is 13.2 Å². The van der Waals surface area contributed by atoms with E-state index >= 15 is 0 Å². The molecule has 4 rings (SSSR count). The lowest BCUT2D eigenvalue weighted by Crippen LogP contribution is -2.17. The van der Waals surface area contributed by atoms with Gasteiger partial charge in [0, 0.05) is 18.4 Å². The van der Waals surface area contributed by atoms with Crippen molar-refractivity contribution in [3.8, 4) is 11.5 Å². The highest BCUT2D eigenvalue weighted by molar-refractivity contribution is 6.10. The number of hydrogen-bond acceptors (Lipinski definition) is 6. The van der Waals surface area contributed by atoms with Crippen LogP contribution in [0.1, 0.15) is 33.7 Å². The van der Waals surface area contributed by atoms with E-state index in [1.54, 1.807) is 66.5 Å². The molecule has 0 atom stereocenters. The number of rotatable bonds is 9. The summed E-state index contributed by atoms with van der Waals surface area (Å²) in [5, 5.41) is 9.78. The first kappa shape index (κ1) is 22.7. The third-order valence-electron chi connectivity index (χ3n) is 4.91. The standard InChI is InChI=1S/C25H24N4O5/c1-3-29-15-21(23(28-29)25(31)26-17-7-5-4-6-8-17)27-24(30)22-14-13-20(34-22)16-33-19-11-9-18(32-2)10-12-19/h4-15H,3,16H2,1-2H3,(H,26,31)(H,27,30). The maximum absolute atomic E-state index is 12.8. The van der Waals surface area contributed by atoms with Crippen molar-refractivity contribution in [1.82, 2.24) is 9.78 Å². The minimum Gasteiger partial charge on any atom is -0.497 e. The Morgan fingerprint density at radius 2 is 1.68 bits per heavy atom. The highest BCUT2D eigenvalue weighted by atomic mass is 16.5. The largest absolute Gasteiger partial charge is 0.497 e. The zero-order valence-corrected chi connectivity index (χ0v) is 18.8. The number of carbonyl (C=O) groups excluding carboxylic acids is 2. The number of carbonyl (C=O) groups is 2. The summed E-state index contributed by atoms with van der Waals surface area (Å²) in [6.45, 7) is 2.58. The Hall–Kier alpha value is -4.53. The summed E-state index contributed by atoms with van der Waals surface area (Å²) in [5.74, 6) is 1.01. The van der Waals surface area contributed by atoms with Gasteiger partial charge in [-0.2, -0.15) is 5.10 Å². The summed E-state index contributed by atoms with van der Waals surface area (Å²) >= 11 is 0. The van der Waals surface area contributed by atoms with Crippen LogP contribution in [0.25, 0.3) is 0 Å². The lowest BCUT2D eigenvalue weighted by atomic mass is 10.3. The molecule has 2 aromatic heterocycles. The number of nitrogens with one attached hydrogen (secondary N) is 2. The Morgan fingerprint density at radius 1 is 0.941 bits per heavy atom.